The fourth-order valence-corrected chi connectivity index (χ4v) is 19.6. The Kier molecular flexibility index (Phi) is 13.8. The summed E-state index contributed by atoms with van der Waals surface area (Å²) in [5, 5.41) is 3.95. The molecule has 2 aromatic heterocycles. The van der Waals surface area contributed by atoms with Crippen molar-refractivity contribution < 1.29 is 6.85 Å². The third-order valence-corrected chi connectivity index (χ3v) is 24.2. The number of hydrogen-bond donors (Lipinski definition) is 0. The fraction of sp³-hybridized carbons (Fsp3) is 0.00917. The maximum atomic E-state index is 9.67. The number of aromatic nitrogens is 2. The zero-order chi connectivity index (χ0) is 79.3. The van der Waals surface area contributed by atoms with E-state index in [1.54, 1.807) is 0 Å². The molecule has 0 atom stereocenters. The van der Waals surface area contributed by atoms with Crippen LogP contribution in [0.15, 0.2) is 431 Å². The van der Waals surface area contributed by atoms with Crippen LogP contribution in [0.25, 0.3) is 133 Å². The first-order valence-electron chi connectivity index (χ1n) is 41.7. The molecule has 0 radical (unpaired) electrons. The summed E-state index contributed by atoms with van der Waals surface area (Å²) in [5.41, 5.74) is 32.9. The number of para-hydroxylation sites is 5. The Morgan fingerprint density at radius 3 is 1.38 bits per heavy atom. The average molecular weight is 1450 g/mol. The number of benzene rings is 18. The van der Waals surface area contributed by atoms with Crippen LogP contribution in [-0.2, 0) is 5.41 Å². The molecule has 0 spiro atoms. The molecule has 20 aromatic rings. The molecule has 2 aliphatic heterocycles. The Bertz CT molecular complexity index is 7380. The molecular formula is C109H71BN4. The van der Waals surface area contributed by atoms with Crippen molar-refractivity contribution >= 4 is 101 Å². The second kappa shape index (κ2) is 26.2. The van der Waals surface area contributed by atoms with Crippen LogP contribution >= 0.6 is 0 Å². The molecule has 0 amide bonds. The largest absolute Gasteiger partial charge is 0.311 e. The molecule has 0 bridgehead atoms. The lowest BCUT2D eigenvalue weighted by Gasteiger charge is -2.45. The van der Waals surface area contributed by atoms with E-state index in [9.17, 15) is 2.74 Å². The van der Waals surface area contributed by atoms with E-state index in [4.69, 9.17) is 4.11 Å². The molecule has 0 N–H and O–H groups in total. The molecule has 0 unspecified atom stereocenters. The molecule has 114 heavy (non-hydrogen) atoms. The minimum atomic E-state index is -0.646. The second-order valence-corrected chi connectivity index (χ2v) is 30.1. The Labute approximate surface area is 670 Å². The van der Waals surface area contributed by atoms with Gasteiger partial charge in [0, 0.05) is 66.7 Å². The van der Waals surface area contributed by atoms with Crippen LogP contribution in [0.3, 0.4) is 0 Å². The number of anilines is 6. The van der Waals surface area contributed by atoms with E-state index < -0.39 is 18.2 Å². The fourth-order valence-electron chi connectivity index (χ4n) is 19.6. The van der Waals surface area contributed by atoms with E-state index in [-0.39, 0.29) is 29.7 Å². The van der Waals surface area contributed by atoms with Gasteiger partial charge in [-0.15, -0.1) is 0 Å². The molecule has 530 valence electrons. The van der Waals surface area contributed by atoms with Crippen LogP contribution in [0.1, 0.15) is 29.1 Å². The van der Waals surface area contributed by atoms with Crippen molar-refractivity contribution in [1.29, 1.82) is 0 Å². The number of rotatable bonds is 12. The predicted molar refractivity (Wildman–Crippen MR) is 479 cm³/mol. The highest BCUT2D eigenvalue weighted by atomic mass is 15.2. The Hall–Kier alpha value is -14.8. The van der Waals surface area contributed by atoms with Gasteiger partial charge in [0.2, 0.25) is 0 Å². The normalized spacial score (nSPS) is 13.5. The lowest BCUT2D eigenvalue weighted by Crippen LogP contribution is -2.61. The quantitative estimate of drug-likeness (QED) is 0.113. The van der Waals surface area contributed by atoms with Gasteiger partial charge in [0.15, 0.2) is 0 Å². The van der Waals surface area contributed by atoms with Crippen molar-refractivity contribution in [2.45, 2.75) is 5.41 Å². The SMILES string of the molecule is [2H]c1c([2H])c([2H])c(-c2cc(-c3ccccc3)cc3c2c2ccccc2n3-c2ccc3c(c2)N(c2ccccc2-c2ccccc2)c2cc(-n4c5ccccc5c5ccccc54)cc4c2B3c2cc(-c3cccc5c3-c3ccccc3C5(c3ccccc3)c3ccccc3)ccc2N4c2c(-c3ccccc3)cccc2-c2ccccc2)c([2H])c1[2H]. The van der Waals surface area contributed by atoms with Crippen LogP contribution in [0.4, 0.5) is 34.1 Å². The first-order chi connectivity index (χ1) is 58.7. The Morgan fingerprint density at radius 2 is 0.737 bits per heavy atom. The van der Waals surface area contributed by atoms with Gasteiger partial charge in [-0.3, -0.25) is 0 Å². The summed E-state index contributed by atoms with van der Waals surface area (Å²) in [7, 11) is 0. The van der Waals surface area contributed by atoms with Crippen LogP contribution in [0.2, 0.25) is 0 Å². The highest BCUT2D eigenvalue weighted by Gasteiger charge is 2.49. The summed E-state index contributed by atoms with van der Waals surface area (Å²) in [5.74, 6) is 0. The molecule has 1 aliphatic carbocycles. The lowest BCUT2D eigenvalue weighted by atomic mass is 9.33. The maximum Gasteiger partial charge on any atom is 0.252 e. The van der Waals surface area contributed by atoms with Gasteiger partial charge in [0.1, 0.15) is 0 Å². The molecular weight excluding hydrogens is 1380 g/mol. The summed E-state index contributed by atoms with van der Waals surface area (Å²) in [6.07, 6.45) is 0. The van der Waals surface area contributed by atoms with Crippen LogP contribution in [0, 0.1) is 0 Å². The van der Waals surface area contributed by atoms with Crippen molar-refractivity contribution in [2.75, 3.05) is 9.80 Å². The molecule has 5 heteroatoms. The van der Waals surface area contributed by atoms with Crippen molar-refractivity contribution in [1.82, 2.24) is 9.13 Å². The molecule has 23 rings (SSSR count). The van der Waals surface area contributed by atoms with Crippen molar-refractivity contribution in [3.63, 3.8) is 0 Å². The van der Waals surface area contributed by atoms with Gasteiger partial charge in [-0.25, -0.2) is 0 Å². The Balaban J connectivity index is 0.876. The zero-order valence-corrected chi connectivity index (χ0v) is 62.0. The number of hydrogen-bond acceptors (Lipinski definition) is 2. The summed E-state index contributed by atoms with van der Waals surface area (Å²) < 4.78 is 51.3. The molecule has 0 saturated carbocycles. The molecule has 0 saturated heterocycles. The van der Waals surface area contributed by atoms with Gasteiger partial charge in [-0.2, -0.15) is 0 Å². The first kappa shape index (κ1) is 60.1. The smallest absolute Gasteiger partial charge is 0.252 e. The second-order valence-electron chi connectivity index (χ2n) is 30.1. The minimum absolute atomic E-state index is 0.144. The van der Waals surface area contributed by atoms with E-state index in [0.717, 1.165) is 161 Å². The minimum Gasteiger partial charge on any atom is -0.311 e. The van der Waals surface area contributed by atoms with E-state index in [1.807, 2.05) is 30.3 Å². The summed E-state index contributed by atoms with van der Waals surface area (Å²) in [6.45, 7) is -0.429. The predicted octanol–water partition coefficient (Wildman–Crippen LogP) is 26.3. The number of nitrogens with zero attached hydrogens (tertiary/aromatic N) is 4. The van der Waals surface area contributed by atoms with Crippen LogP contribution < -0.4 is 26.2 Å². The summed E-state index contributed by atoms with van der Waals surface area (Å²) in [6, 6.07) is 145. The monoisotopic (exact) mass is 1450 g/mol. The topological polar surface area (TPSA) is 16.3 Å². The molecule has 4 heterocycles. The molecule has 4 nitrogen and oxygen atoms in total. The lowest BCUT2D eigenvalue weighted by molar-refractivity contribution is 0.768. The zero-order valence-electron chi connectivity index (χ0n) is 67.0. The highest BCUT2D eigenvalue weighted by Crippen LogP contribution is 2.60. The van der Waals surface area contributed by atoms with Gasteiger partial charge in [0.05, 0.1) is 51.4 Å². The van der Waals surface area contributed by atoms with Crippen molar-refractivity contribution in [3.05, 3.63) is 453 Å². The standard InChI is InChI=1S/C109H71BN4/c1-8-34-72(35-9-1)78-66-91(76-42-16-5-17-43-76)106-90-52-26-31-61-99(90)111(102(106)68-78)81-63-64-94-101(69-81)113(96-58-28-23-48-83(96)73-36-10-2-11-37-73)103-70-82(112-97-59-29-24-49-87(97)88-50-25-30-60-98(88)112)71-104-107(103)110(94)95-67-77(62-65-100(95)114(104)108-85(74-38-12-3-13-39-74)54-32-55-86(108)75-40-14-4-15-41-75)84-53-33-57-93-105(84)89-51-22-27-56-92(89)109(93,79-44-18-6-19-45-79)80-46-20-7-21-47-80/h1-71H/i5D,16D,17D,42D,43D. The van der Waals surface area contributed by atoms with Crippen LogP contribution in [0.5, 0.6) is 0 Å². The highest BCUT2D eigenvalue weighted by molar-refractivity contribution is 7.00. The number of fused-ring (bicyclic) bond motifs is 13. The average Bonchev–Trinajstić information content (AvgIpc) is 1.68. The van der Waals surface area contributed by atoms with E-state index in [0.29, 0.717) is 5.56 Å². The van der Waals surface area contributed by atoms with Gasteiger partial charge >= 0.3 is 0 Å². The first-order valence-corrected chi connectivity index (χ1v) is 39.2. The Morgan fingerprint density at radius 1 is 0.254 bits per heavy atom. The van der Waals surface area contributed by atoms with Gasteiger partial charge < -0.3 is 18.9 Å². The van der Waals surface area contributed by atoms with Gasteiger partial charge in [-0.1, -0.05) is 364 Å². The van der Waals surface area contributed by atoms with E-state index in [2.05, 4.69) is 389 Å². The summed E-state index contributed by atoms with van der Waals surface area (Å²) in [4.78, 5) is 5.20. The maximum absolute atomic E-state index is 9.67. The molecule has 18 aromatic carbocycles. The third-order valence-electron chi connectivity index (χ3n) is 24.2. The molecule has 0 fully saturated rings. The van der Waals surface area contributed by atoms with Gasteiger partial charge in [-0.05, 0) is 167 Å². The van der Waals surface area contributed by atoms with Crippen LogP contribution in [-0.4, -0.2) is 15.8 Å². The third kappa shape index (κ3) is 9.86. The van der Waals surface area contributed by atoms with Crippen molar-refractivity contribution in [3.8, 4) is 89.3 Å². The van der Waals surface area contributed by atoms with E-state index >= 15 is 0 Å². The van der Waals surface area contributed by atoms with Crippen molar-refractivity contribution in [2.24, 2.45) is 0 Å². The van der Waals surface area contributed by atoms with Gasteiger partial charge in [0.25, 0.3) is 6.71 Å². The van der Waals surface area contributed by atoms with E-state index in [1.165, 1.54) is 33.4 Å². The molecule has 3 aliphatic rings. The summed E-state index contributed by atoms with van der Waals surface area (Å²) >= 11 is 0.